The number of rotatable bonds is 36. The zero-order chi connectivity index (χ0) is 44.0. The second-order valence-electron chi connectivity index (χ2n) is 15.5. The highest BCUT2D eigenvalue weighted by Crippen LogP contribution is 2.38. The lowest BCUT2D eigenvalue weighted by molar-refractivity contribution is 0.00161. The van der Waals surface area contributed by atoms with Gasteiger partial charge in [0.1, 0.15) is 0 Å². The molecule has 0 atom stereocenters. The van der Waals surface area contributed by atoms with Crippen LogP contribution in [0.25, 0.3) is 33.5 Å². The number of hydrogen-bond acceptors (Lipinski definition) is 12. The van der Waals surface area contributed by atoms with Crippen molar-refractivity contribution >= 4 is 11.0 Å². The Morgan fingerprint density at radius 1 is 0.419 bits per heavy atom. The first-order valence-corrected chi connectivity index (χ1v) is 23.0. The van der Waals surface area contributed by atoms with E-state index in [1.54, 1.807) is 0 Å². The maximum Gasteiger partial charge on any atom is 0.161 e. The quantitative estimate of drug-likeness (QED) is 0.0421. The molecule has 1 aromatic heterocycles. The monoisotopic (exact) mass is 863 g/mol. The van der Waals surface area contributed by atoms with Crippen molar-refractivity contribution in [3.8, 4) is 34.0 Å². The zero-order valence-corrected chi connectivity index (χ0v) is 38.1. The van der Waals surface area contributed by atoms with E-state index in [1.165, 1.54) is 38.5 Å². The largest absolute Gasteiger partial charge is 0.490 e. The number of benzene rings is 3. The number of aliphatic hydroxyl groups excluding tert-OH is 2. The third-order valence-electron chi connectivity index (χ3n) is 10.4. The zero-order valence-electron chi connectivity index (χ0n) is 38.1. The Bertz CT molecular complexity index is 1820. The van der Waals surface area contributed by atoms with Crippen LogP contribution in [0, 0.1) is 13.8 Å². The highest BCUT2D eigenvalue weighted by atomic mass is 16.6. The van der Waals surface area contributed by atoms with E-state index in [9.17, 15) is 0 Å². The number of ether oxygens (including phenoxy) is 8. The molecule has 0 saturated heterocycles. The molecule has 0 aliphatic carbocycles. The number of hydrogen-bond donors (Lipinski definition) is 2. The summed E-state index contributed by atoms with van der Waals surface area (Å²) in [5.74, 6) is 1.48. The minimum Gasteiger partial charge on any atom is -0.490 e. The van der Waals surface area contributed by atoms with Crippen molar-refractivity contribution in [2.75, 3.05) is 92.5 Å². The van der Waals surface area contributed by atoms with Gasteiger partial charge in [0.2, 0.25) is 0 Å². The molecule has 344 valence electrons. The normalized spacial score (nSPS) is 11.5. The van der Waals surface area contributed by atoms with Crippen molar-refractivity contribution in [2.24, 2.45) is 0 Å². The van der Waals surface area contributed by atoms with Crippen molar-refractivity contribution in [1.82, 2.24) is 9.97 Å². The molecular formula is C50H74N2O10. The van der Waals surface area contributed by atoms with Gasteiger partial charge in [0.15, 0.2) is 11.5 Å². The molecule has 62 heavy (non-hydrogen) atoms. The highest BCUT2D eigenvalue weighted by Gasteiger charge is 2.19. The van der Waals surface area contributed by atoms with Crippen molar-refractivity contribution in [1.29, 1.82) is 0 Å². The number of aryl methyl sites for hydroxylation is 2. The molecule has 0 amide bonds. The van der Waals surface area contributed by atoms with Gasteiger partial charge >= 0.3 is 0 Å². The summed E-state index contributed by atoms with van der Waals surface area (Å²) in [6.07, 6.45) is 11.6. The maximum atomic E-state index is 8.93. The third-order valence-corrected chi connectivity index (χ3v) is 10.4. The molecule has 2 N–H and O–H groups in total. The number of unbranched alkanes of at least 4 members (excludes halogenated alkanes) is 8. The first-order valence-electron chi connectivity index (χ1n) is 23.0. The summed E-state index contributed by atoms with van der Waals surface area (Å²) in [5.41, 5.74) is 9.14. The van der Waals surface area contributed by atoms with Crippen molar-refractivity contribution in [2.45, 2.75) is 105 Å². The SMILES string of the molecule is CCCCCCCOc1ccc(-c2nc3c(C)ccc(C)c3nc2-c2ccc(COCCOCCOCCO)c(COCCOCCOCCO)c2)cc1OCCCCCCC. The summed E-state index contributed by atoms with van der Waals surface area (Å²) < 4.78 is 47.0. The fourth-order valence-corrected chi connectivity index (χ4v) is 6.88. The topological polar surface area (TPSA) is 140 Å². The molecule has 0 saturated carbocycles. The van der Waals surface area contributed by atoms with E-state index in [1.807, 2.05) is 6.07 Å². The van der Waals surface area contributed by atoms with Gasteiger partial charge in [-0.3, -0.25) is 0 Å². The van der Waals surface area contributed by atoms with Crippen LogP contribution in [0.4, 0.5) is 0 Å². The van der Waals surface area contributed by atoms with Gasteiger partial charge in [-0.1, -0.05) is 89.5 Å². The first kappa shape index (κ1) is 50.9. The van der Waals surface area contributed by atoms with Crippen LogP contribution >= 0.6 is 0 Å². The lowest BCUT2D eigenvalue weighted by atomic mass is 9.98. The van der Waals surface area contributed by atoms with E-state index in [4.69, 9.17) is 58.1 Å². The van der Waals surface area contributed by atoms with Crippen molar-refractivity contribution in [3.05, 3.63) is 70.8 Å². The van der Waals surface area contributed by atoms with Gasteiger partial charge in [-0.25, -0.2) is 9.97 Å². The average molecular weight is 863 g/mol. The standard InChI is InChI=1S/C50H74N2O10/c1-5-7-9-11-13-23-61-45-20-19-42(36-46(45)62-24-14-12-10-8-6-2)50-49(51-47-39(3)15-16-40(4)48(47)52-50)41-17-18-43(37-59-33-31-57-29-27-55-25-21-53)44(35-41)38-60-34-32-58-30-28-56-26-22-54/h15-20,35-36,53-54H,5-14,21-34,37-38H2,1-4H3. The van der Waals surface area contributed by atoms with Crippen LogP contribution in [0.15, 0.2) is 48.5 Å². The van der Waals surface area contributed by atoms with Gasteiger partial charge in [-0.15, -0.1) is 0 Å². The van der Waals surface area contributed by atoms with E-state index in [0.29, 0.717) is 92.5 Å². The van der Waals surface area contributed by atoms with Crippen LogP contribution in [0.5, 0.6) is 11.5 Å². The molecule has 0 unspecified atom stereocenters. The second kappa shape index (κ2) is 31.2. The molecule has 0 radical (unpaired) electrons. The minimum absolute atomic E-state index is 0.00744. The first-order chi connectivity index (χ1) is 30.5. The summed E-state index contributed by atoms with van der Waals surface area (Å²) >= 11 is 0. The lowest BCUT2D eigenvalue weighted by Crippen LogP contribution is -2.12. The third kappa shape index (κ3) is 18.2. The number of aromatic nitrogens is 2. The van der Waals surface area contributed by atoms with Crippen molar-refractivity contribution < 1.29 is 48.1 Å². The van der Waals surface area contributed by atoms with Crippen LogP contribution in [0.3, 0.4) is 0 Å². The Balaban J connectivity index is 1.65. The molecule has 12 heteroatoms. The Hall–Kier alpha value is -3.72. The average Bonchev–Trinajstić information content (AvgIpc) is 3.29. The molecule has 0 spiro atoms. The molecule has 4 aromatic rings. The molecule has 3 aromatic carbocycles. The Labute approximate surface area is 370 Å². The van der Waals surface area contributed by atoms with Crippen LogP contribution in [0.1, 0.15) is 100 Å². The molecule has 0 fully saturated rings. The van der Waals surface area contributed by atoms with Gasteiger partial charge in [0, 0.05) is 11.1 Å². The van der Waals surface area contributed by atoms with E-state index in [-0.39, 0.29) is 13.2 Å². The van der Waals surface area contributed by atoms with Crippen LogP contribution in [0.2, 0.25) is 0 Å². The minimum atomic E-state index is -0.0115. The molecule has 4 rings (SSSR count). The van der Waals surface area contributed by atoms with Gasteiger partial charge in [0.05, 0.1) is 128 Å². The number of aliphatic hydroxyl groups is 2. The fraction of sp³-hybridized carbons (Fsp3) is 0.600. The predicted molar refractivity (Wildman–Crippen MR) is 245 cm³/mol. The fourth-order valence-electron chi connectivity index (χ4n) is 6.88. The predicted octanol–water partition coefficient (Wildman–Crippen LogP) is 9.36. The summed E-state index contributed by atoms with van der Waals surface area (Å²) in [6.45, 7) is 14.5. The Morgan fingerprint density at radius 3 is 1.37 bits per heavy atom. The van der Waals surface area contributed by atoms with Gasteiger partial charge < -0.3 is 48.1 Å². The summed E-state index contributed by atoms with van der Waals surface area (Å²) in [4.78, 5) is 10.7. The van der Waals surface area contributed by atoms with Gasteiger partial charge in [0.25, 0.3) is 0 Å². The number of nitrogens with zero attached hydrogens (tertiary/aromatic N) is 2. The van der Waals surface area contributed by atoms with Gasteiger partial charge in [-0.05, 0) is 73.2 Å². The van der Waals surface area contributed by atoms with Gasteiger partial charge in [-0.2, -0.15) is 0 Å². The van der Waals surface area contributed by atoms with Crippen LogP contribution in [-0.2, 0) is 41.6 Å². The molecule has 12 nitrogen and oxygen atoms in total. The summed E-state index contributed by atoms with van der Waals surface area (Å²) in [6, 6.07) is 16.7. The van der Waals surface area contributed by atoms with Crippen LogP contribution in [-0.4, -0.2) is 113 Å². The summed E-state index contributed by atoms with van der Waals surface area (Å²) in [7, 11) is 0. The van der Waals surface area contributed by atoms with E-state index < -0.39 is 0 Å². The molecule has 0 bridgehead atoms. The Morgan fingerprint density at radius 2 is 0.855 bits per heavy atom. The van der Waals surface area contributed by atoms with E-state index in [0.717, 1.165) is 93.0 Å². The van der Waals surface area contributed by atoms with E-state index in [2.05, 4.69) is 70.2 Å². The second-order valence-corrected chi connectivity index (χ2v) is 15.5. The summed E-state index contributed by atoms with van der Waals surface area (Å²) in [5, 5.41) is 17.8. The van der Waals surface area contributed by atoms with E-state index >= 15 is 0 Å². The maximum absolute atomic E-state index is 8.93. The highest BCUT2D eigenvalue weighted by molar-refractivity contribution is 5.89. The molecular weight excluding hydrogens is 789 g/mol. The molecule has 0 aliphatic heterocycles. The smallest absolute Gasteiger partial charge is 0.161 e. The molecule has 0 aliphatic rings. The number of fused-ring (bicyclic) bond motifs is 1. The van der Waals surface area contributed by atoms with Crippen molar-refractivity contribution in [3.63, 3.8) is 0 Å². The lowest BCUT2D eigenvalue weighted by Gasteiger charge is -2.18. The Kier molecular flexibility index (Phi) is 25.6. The molecule has 1 heterocycles. The van der Waals surface area contributed by atoms with Crippen LogP contribution < -0.4 is 9.47 Å².